The van der Waals surface area contributed by atoms with Gasteiger partial charge in [0.2, 0.25) is 15.9 Å². The van der Waals surface area contributed by atoms with Crippen LogP contribution < -0.4 is 10.1 Å². The van der Waals surface area contributed by atoms with E-state index in [-0.39, 0.29) is 13.1 Å². The number of sulfonamides is 1. The molecule has 2 rings (SSSR count). The zero-order valence-corrected chi connectivity index (χ0v) is 15.8. The van der Waals surface area contributed by atoms with Crippen LogP contribution in [0.15, 0.2) is 54.6 Å². The van der Waals surface area contributed by atoms with E-state index in [1.54, 1.807) is 18.2 Å². The Kier molecular flexibility index (Phi) is 7.17. The maximum Gasteiger partial charge on any atom is 0.239 e. The minimum atomic E-state index is -3.50. The predicted molar refractivity (Wildman–Crippen MR) is 103 cm³/mol. The Morgan fingerprint density at radius 1 is 1.08 bits per heavy atom. The molecule has 26 heavy (non-hydrogen) atoms. The number of benzene rings is 2. The van der Waals surface area contributed by atoms with E-state index in [2.05, 4.69) is 5.32 Å². The number of ether oxygens (including phenoxy) is 1. The molecule has 2 aromatic carbocycles. The standard InChI is InChI=1S/C19H24N2O4S/c1-3-25-18-12-8-7-11-17(18)20-19(22)15-21(26(2,23)24)14-13-16-9-5-4-6-10-16/h4-12H,3,13-15H2,1-2H3,(H,20,22). The molecule has 0 saturated heterocycles. The molecule has 0 atom stereocenters. The first-order valence-corrected chi connectivity index (χ1v) is 10.3. The highest BCUT2D eigenvalue weighted by Gasteiger charge is 2.20. The molecule has 7 heteroatoms. The molecule has 1 N–H and O–H groups in total. The lowest BCUT2D eigenvalue weighted by Gasteiger charge is -2.20. The van der Waals surface area contributed by atoms with E-state index in [4.69, 9.17) is 4.74 Å². The van der Waals surface area contributed by atoms with Crippen LogP contribution in [-0.4, -0.2) is 44.6 Å². The summed E-state index contributed by atoms with van der Waals surface area (Å²) in [6.07, 6.45) is 1.65. The molecule has 0 unspecified atom stereocenters. The fraction of sp³-hybridized carbons (Fsp3) is 0.316. The maximum absolute atomic E-state index is 12.4. The second kappa shape index (κ2) is 9.35. The van der Waals surface area contributed by atoms with Crippen molar-refractivity contribution in [3.05, 3.63) is 60.2 Å². The molecule has 0 aliphatic rings. The summed E-state index contributed by atoms with van der Waals surface area (Å²) in [6, 6.07) is 16.6. The first kappa shape index (κ1) is 19.9. The van der Waals surface area contributed by atoms with E-state index in [0.29, 0.717) is 24.5 Å². The fourth-order valence-electron chi connectivity index (χ4n) is 2.46. The number of nitrogens with zero attached hydrogens (tertiary/aromatic N) is 1. The molecule has 140 valence electrons. The third-order valence-corrected chi connectivity index (χ3v) is 4.99. The van der Waals surface area contributed by atoms with Gasteiger partial charge in [-0.15, -0.1) is 0 Å². The molecule has 0 fully saturated rings. The lowest BCUT2D eigenvalue weighted by atomic mass is 10.1. The van der Waals surface area contributed by atoms with Gasteiger partial charge in [0.15, 0.2) is 0 Å². The van der Waals surface area contributed by atoms with Crippen molar-refractivity contribution in [1.29, 1.82) is 0 Å². The van der Waals surface area contributed by atoms with E-state index in [9.17, 15) is 13.2 Å². The van der Waals surface area contributed by atoms with Crippen molar-refractivity contribution in [1.82, 2.24) is 4.31 Å². The van der Waals surface area contributed by atoms with Crippen molar-refractivity contribution in [2.75, 3.05) is 31.3 Å². The summed E-state index contributed by atoms with van der Waals surface area (Å²) >= 11 is 0. The zero-order chi connectivity index (χ0) is 19.0. The number of nitrogens with one attached hydrogen (secondary N) is 1. The number of rotatable bonds is 9. The average Bonchev–Trinajstić information content (AvgIpc) is 2.60. The van der Waals surface area contributed by atoms with Crippen LogP contribution in [0.5, 0.6) is 5.75 Å². The van der Waals surface area contributed by atoms with Gasteiger partial charge in [-0.05, 0) is 31.0 Å². The largest absolute Gasteiger partial charge is 0.492 e. The molecule has 0 saturated carbocycles. The summed E-state index contributed by atoms with van der Waals surface area (Å²) in [5, 5.41) is 2.73. The Bertz CT molecular complexity index is 822. The van der Waals surface area contributed by atoms with Gasteiger partial charge in [-0.2, -0.15) is 4.31 Å². The van der Waals surface area contributed by atoms with E-state index in [1.165, 1.54) is 4.31 Å². The van der Waals surface area contributed by atoms with E-state index in [1.807, 2.05) is 43.3 Å². The van der Waals surface area contributed by atoms with Crippen molar-refractivity contribution in [3.8, 4) is 5.75 Å². The smallest absolute Gasteiger partial charge is 0.239 e. The van der Waals surface area contributed by atoms with E-state index in [0.717, 1.165) is 11.8 Å². The van der Waals surface area contributed by atoms with Gasteiger partial charge in [0.25, 0.3) is 0 Å². The van der Waals surface area contributed by atoms with Crippen molar-refractivity contribution in [3.63, 3.8) is 0 Å². The molecule has 2 aromatic rings. The first-order chi connectivity index (χ1) is 12.4. The fourth-order valence-corrected chi connectivity index (χ4v) is 3.24. The Labute approximate surface area is 154 Å². The van der Waals surface area contributed by atoms with E-state index >= 15 is 0 Å². The third-order valence-electron chi connectivity index (χ3n) is 3.74. The molecular formula is C19H24N2O4S. The Balaban J connectivity index is 2.03. The van der Waals surface area contributed by atoms with Crippen molar-refractivity contribution >= 4 is 21.6 Å². The number of amides is 1. The number of carbonyl (C=O) groups excluding carboxylic acids is 1. The molecule has 0 aromatic heterocycles. The van der Waals surface area contributed by atoms with Crippen LogP contribution in [0.1, 0.15) is 12.5 Å². The number of para-hydroxylation sites is 2. The van der Waals surface area contributed by atoms with Crippen molar-refractivity contribution < 1.29 is 17.9 Å². The van der Waals surface area contributed by atoms with Gasteiger partial charge in [0, 0.05) is 6.54 Å². The zero-order valence-electron chi connectivity index (χ0n) is 15.0. The molecule has 0 bridgehead atoms. The minimum absolute atomic E-state index is 0.239. The topological polar surface area (TPSA) is 75.7 Å². The van der Waals surface area contributed by atoms with Gasteiger partial charge in [0.1, 0.15) is 5.75 Å². The highest BCUT2D eigenvalue weighted by Crippen LogP contribution is 2.23. The quantitative estimate of drug-likeness (QED) is 0.730. The number of hydrogen-bond acceptors (Lipinski definition) is 4. The van der Waals surface area contributed by atoms with Crippen LogP contribution in [0.4, 0.5) is 5.69 Å². The molecule has 0 radical (unpaired) electrons. The van der Waals surface area contributed by atoms with Crippen LogP contribution in [0.3, 0.4) is 0 Å². The summed E-state index contributed by atoms with van der Waals surface area (Å²) < 4.78 is 30.7. The first-order valence-electron chi connectivity index (χ1n) is 8.41. The summed E-state index contributed by atoms with van der Waals surface area (Å²) in [6.45, 7) is 2.32. The Morgan fingerprint density at radius 2 is 1.73 bits per heavy atom. The van der Waals surface area contributed by atoms with Crippen LogP contribution in [0.25, 0.3) is 0 Å². The van der Waals surface area contributed by atoms with Gasteiger partial charge in [0.05, 0.1) is 25.1 Å². The van der Waals surface area contributed by atoms with Gasteiger partial charge in [-0.3, -0.25) is 4.79 Å². The normalized spacial score (nSPS) is 11.3. The molecule has 6 nitrogen and oxygen atoms in total. The lowest BCUT2D eigenvalue weighted by molar-refractivity contribution is -0.116. The third kappa shape index (κ3) is 6.16. The van der Waals surface area contributed by atoms with Gasteiger partial charge in [-0.25, -0.2) is 8.42 Å². The number of hydrogen-bond donors (Lipinski definition) is 1. The summed E-state index contributed by atoms with van der Waals surface area (Å²) in [5.74, 6) is 0.147. The molecular weight excluding hydrogens is 352 g/mol. The number of anilines is 1. The van der Waals surface area contributed by atoms with Gasteiger partial charge >= 0.3 is 0 Å². The second-order valence-corrected chi connectivity index (χ2v) is 7.79. The lowest BCUT2D eigenvalue weighted by Crippen LogP contribution is -2.38. The molecule has 0 aliphatic carbocycles. The predicted octanol–water partition coefficient (Wildman–Crippen LogP) is 2.53. The second-order valence-electron chi connectivity index (χ2n) is 5.81. The maximum atomic E-state index is 12.4. The highest BCUT2D eigenvalue weighted by molar-refractivity contribution is 7.88. The summed E-state index contributed by atoms with van der Waals surface area (Å²) in [4.78, 5) is 12.4. The SMILES string of the molecule is CCOc1ccccc1NC(=O)CN(CCc1ccccc1)S(C)(=O)=O. The van der Waals surface area contributed by atoms with Crippen LogP contribution in [-0.2, 0) is 21.2 Å². The van der Waals surface area contributed by atoms with Crippen LogP contribution in [0, 0.1) is 0 Å². The van der Waals surface area contributed by atoms with E-state index < -0.39 is 15.9 Å². The number of carbonyl (C=O) groups is 1. The van der Waals surface area contributed by atoms with Crippen molar-refractivity contribution in [2.24, 2.45) is 0 Å². The van der Waals surface area contributed by atoms with Gasteiger partial charge in [-0.1, -0.05) is 42.5 Å². The Hall–Kier alpha value is -2.38. The molecule has 0 heterocycles. The summed E-state index contributed by atoms with van der Waals surface area (Å²) in [5.41, 5.74) is 1.54. The Morgan fingerprint density at radius 3 is 2.38 bits per heavy atom. The molecule has 0 aliphatic heterocycles. The highest BCUT2D eigenvalue weighted by atomic mass is 32.2. The van der Waals surface area contributed by atoms with Crippen LogP contribution in [0.2, 0.25) is 0 Å². The van der Waals surface area contributed by atoms with Crippen molar-refractivity contribution in [2.45, 2.75) is 13.3 Å². The van der Waals surface area contributed by atoms with Crippen LogP contribution >= 0.6 is 0 Å². The molecule has 1 amide bonds. The summed E-state index contributed by atoms with van der Waals surface area (Å²) in [7, 11) is -3.50. The average molecular weight is 376 g/mol. The monoisotopic (exact) mass is 376 g/mol. The molecule has 0 spiro atoms. The van der Waals surface area contributed by atoms with Gasteiger partial charge < -0.3 is 10.1 Å². The minimum Gasteiger partial charge on any atom is -0.492 e.